The van der Waals surface area contributed by atoms with Crippen LogP contribution in [0.5, 0.6) is 0 Å². The fourth-order valence-electron chi connectivity index (χ4n) is 2.42. The van der Waals surface area contributed by atoms with Crippen molar-refractivity contribution in [1.29, 1.82) is 0 Å². The molecule has 1 heterocycles. The lowest BCUT2D eigenvalue weighted by atomic mass is 10.0. The molecule has 5 heteroatoms. The Balaban J connectivity index is 2.54. The molecule has 0 aliphatic carbocycles. The molecule has 2 N–H and O–H groups in total. The van der Waals surface area contributed by atoms with Crippen LogP contribution in [0.25, 0.3) is 0 Å². The van der Waals surface area contributed by atoms with Crippen molar-refractivity contribution in [3.05, 3.63) is 0 Å². The van der Waals surface area contributed by atoms with Crippen molar-refractivity contribution < 1.29 is 9.53 Å². The zero-order chi connectivity index (χ0) is 13.8. The minimum atomic E-state index is -0.912. The Morgan fingerprint density at radius 1 is 1.44 bits per heavy atom. The summed E-state index contributed by atoms with van der Waals surface area (Å²) in [7, 11) is 2.15. The van der Waals surface area contributed by atoms with Crippen molar-refractivity contribution in [1.82, 2.24) is 9.80 Å². The van der Waals surface area contributed by atoms with Crippen LogP contribution in [0.3, 0.4) is 0 Å². The fourth-order valence-corrected chi connectivity index (χ4v) is 2.42. The fraction of sp³-hybridized carbons (Fsp3) is 0.923. The third kappa shape index (κ3) is 3.93. The monoisotopic (exact) mass is 257 g/mol. The minimum absolute atomic E-state index is 0.308. The van der Waals surface area contributed by atoms with E-state index in [2.05, 4.69) is 23.8 Å². The van der Waals surface area contributed by atoms with Crippen molar-refractivity contribution >= 4 is 5.97 Å². The van der Waals surface area contributed by atoms with Crippen molar-refractivity contribution in [3.63, 3.8) is 0 Å². The molecular formula is C13H27N3O2. The molecule has 2 unspecified atom stereocenters. The molecule has 18 heavy (non-hydrogen) atoms. The van der Waals surface area contributed by atoms with Gasteiger partial charge in [0.2, 0.25) is 0 Å². The van der Waals surface area contributed by atoms with Gasteiger partial charge in [0.15, 0.2) is 0 Å². The predicted molar refractivity (Wildman–Crippen MR) is 72.4 cm³/mol. The van der Waals surface area contributed by atoms with Gasteiger partial charge in [0.05, 0.1) is 6.61 Å². The molecule has 2 atom stereocenters. The van der Waals surface area contributed by atoms with Crippen LogP contribution in [0.4, 0.5) is 0 Å². The van der Waals surface area contributed by atoms with Gasteiger partial charge in [-0.05, 0) is 27.3 Å². The van der Waals surface area contributed by atoms with E-state index in [9.17, 15) is 4.79 Å². The van der Waals surface area contributed by atoms with E-state index in [1.165, 1.54) is 0 Å². The van der Waals surface area contributed by atoms with E-state index >= 15 is 0 Å². The maximum absolute atomic E-state index is 11.8. The quantitative estimate of drug-likeness (QED) is 0.718. The summed E-state index contributed by atoms with van der Waals surface area (Å²) < 4.78 is 5.02. The number of piperazine rings is 1. The van der Waals surface area contributed by atoms with Crippen molar-refractivity contribution in [2.24, 2.45) is 5.73 Å². The van der Waals surface area contributed by atoms with Gasteiger partial charge in [-0.2, -0.15) is 0 Å². The van der Waals surface area contributed by atoms with Gasteiger partial charge >= 0.3 is 5.97 Å². The van der Waals surface area contributed by atoms with Crippen LogP contribution in [-0.4, -0.2) is 67.2 Å². The molecule has 0 amide bonds. The van der Waals surface area contributed by atoms with Crippen molar-refractivity contribution in [3.8, 4) is 0 Å². The highest BCUT2D eigenvalue weighted by Crippen LogP contribution is 2.14. The smallest absolute Gasteiger partial charge is 0.327 e. The molecule has 0 saturated carbocycles. The SMILES string of the molecule is CCOC(=O)C(C)(N)CN1CCN(C)C(CC)C1. The summed E-state index contributed by atoms with van der Waals surface area (Å²) in [5.74, 6) is -0.308. The molecule has 1 rings (SSSR count). The first-order valence-corrected chi connectivity index (χ1v) is 6.79. The predicted octanol–water partition coefficient (Wildman–Crippen LogP) is 0.293. The third-order valence-electron chi connectivity index (χ3n) is 3.63. The van der Waals surface area contributed by atoms with Crippen LogP contribution < -0.4 is 5.73 Å². The average Bonchev–Trinajstić information content (AvgIpc) is 2.31. The summed E-state index contributed by atoms with van der Waals surface area (Å²) in [4.78, 5) is 16.4. The van der Waals surface area contributed by atoms with E-state index in [1.54, 1.807) is 13.8 Å². The number of carbonyl (C=O) groups excluding carboxylic acids is 1. The van der Waals surface area contributed by atoms with Crippen LogP contribution in [0.1, 0.15) is 27.2 Å². The molecule has 1 aliphatic rings. The van der Waals surface area contributed by atoms with Gasteiger partial charge in [0.1, 0.15) is 5.54 Å². The lowest BCUT2D eigenvalue weighted by Crippen LogP contribution is -2.59. The Morgan fingerprint density at radius 3 is 2.67 bits per heavy atom. The summed E-state index contributed by atoms with van der Waals surface area (Å²) in [5.41, 5.74) is 5.16. The Morgan fingerprint density at radius 2 is 2.11 bits per heavy atom. The van der Waals surface area contributed by atoms with Gasteiger partial charge in [-0.3, -0.25) is 9.69 Å². The summed E-state index contributed by atoms with van der Waals surface area (Å²) in [6.07, 6.45) is 1.12. The summed E-state index contributed by atoms with van der Waals surface area (Å²) in [5, 5.41) is 0. The van der Waals surface area contributed by atoms with E-state index in [-0.39, 0.29) is 5.97 Å². The first-order valence-electron chi connectivity index (χ1n) is 6.79. The first-order chi connectivity index (χ1) is 8.40. The van der Waals surface area contributed by atoms with Gasteiger partial charge in [0.25, 0.3) is 0 Å². The van der Waals surface area contributed by atoms with Crippen molar-refractivity contribution in [2.45, 2.75) is 38.8 Å². The number of hydrogen-bond donors (Lipinski definition) is 1. The molecule has 0 spiro atoms. The number of ether oxygens (including phenoxy) is 1. The third-order valence-corrected chi connectivity index (χ3v) is 3.63. The second kappa shape index (κ2) is 6.50. The zero-order valence-corrected chi connectivity index (χ0v) is 12.1. The van der Waals surface area contributed by atoms with Gasteiger partial charge in [0, 0.05) is 32.2 Å². The van der Waals surface area contributed by atoms with Crippen LogP contribution in [-0.2, 0) is 9.53 Å². The Bertz CT molecular complexity index is 281. The van der Waals surface area contributed by atoms with Gasteiger partial charge in [-0.25, -0.2) is 0 Å². The zero-order valence-electron chi connectivity index (χ0n) is 12.1. The van der Waals surface area contributed by atoms with E-state index in [4.69, 9.17) is 10.5 Å². The Kier molecular flexibility index (Phi) is 5.56. The largest absolute Gasteiger partial charge is 0.465 e. The Hall–Kier alpha value is -0.650. The number of rotatable bonds is 5. The molecule has 0 aromatic carbocycles. The second-order valence-corrected chi connectivity index (χ2v) is 5.42. The molecule has 0 bridgehead atoms. The normalized spacial score (nSPS) is 25.7. The average molecular weight is 257 g/mol. The molecule has 1 aliphatic heterocycles. The minimum Gasteiger partial charge on any atom is -0.465 e. The number of carbonyl (C=O) groups is 1. The molecule has 5 nitrogen and oxygen atoms in total. The van der Waals surface area contributed by atoms with E-state index in [1.807, 2.05) is 0 Å². The summed E-state index contributed by atoms with van der Waals surface area (Å²) in [6, 6.07) is 0.553. The number of likely N-dealkylation sites (N-methyl/N-ethyl adjacent to an activating group) is 1. The highest BCUT2D eigenvalue weighted by atomic mass is 16.5. The van der Waals surface area contributed by atoms with Crippen LogP contribution in [0, 0.1) is 0 Å². The second-order valence-electron chi connectivity index (χ2n) is 5.42. The van der Waals surface area contributed by atoms with Gasteiger partial charge in [-0.1, -0.05) is 6.92 Å². The lowest BCUT2D eigenvalue weighted by Gasteiger charge is -2.41. The summed E-state index contributed by atoms with van der Waals surface area (Å²) >= 11 is 0. The van der Waals surface area contributed by atoms with E-state index in [0.29, 0.717) is 19.2 Å². The highest BCUT2D eigenvalue weighted by Gasteiger charge is 2.34. The number of nitrogens with zero attached hydrogens (tertiary/aromatic N) is 2. The molecule has 0 radical (unpaired) electrons. The first kappa shape index (κ1) is 15.4. The number of esters is 1. The topological polar surface area (TPSA) is 58.8 Å². The molecule has 106 valence electrons. The highest BCUT2D eigenvalue weighted by molar-refractivity contribution is 5.80. The maximum atomic E-state index is 11.8. The van der Waals surface area contributed by atoms with Crippen LogP contribution in [0.15, 0.2) is 0 Å². The molecular weight excluding hydrogens is 230 g/mol. The number of nitrogens with two attached hydrogens (primary N) is 1. The molecule has 0 aromatic rings. The maximum Gasteiger partial charge on any atom is 0.327 e. The van der Waals surface area contributed by atoms with E-state index < -0.39 is 5.54 Å². The van der Waals surface area contributed by atoms with E-state index in [0.717, 1.165) is 26.1 Å². The molecule has 0 aromatic heterocycles. The summed E-state index contributed by atoms with van der Waals surface area (Å²) in [6.45, 7) is 9.65. The number of hydrogen-bond acceptors (Lipinski definition) is 5. The standard InChI is InChI=1S/C13H27N3O2/c1-5-11-9-16(8-7-15(11)4)10-13(3,14)12(17)18-6-2/h11H,5-10,14H2,1-4H3. The van der Waals surface area contributed by atoms with Gasteiger partial charge < -0.3 is 15.4 Å². The van der Waals surface area contributed by atoms with Crippen molar-refractivity contribution in [2.75, 3.05) is 39.8 Å². The molecule has 1 fully saturated rings. The van der Waals surface area contributed by atoms with Crippen LogP contribution >= 0.6 is 0 Å². The van der Waals surface area contributed by atoms with Gasteiger partial charge in [-0.15, -0.1) is 0 Å². The lowest BCUT2D eigenvalue weighted by molar-refractivity contribution is -0.150. The Labute approximate surface area is 110 Å². The van der Waals surface area contributed by atoms with Crippen LogP contribution in [0.2, 0.25) is 0 Å². The molecule has 1 saturated heterocycles.